The first-order valence-electron chi connectivity index (χ1n) is 10.5. The number of benzene rings is 2. The van der Waals surface area contributed by atoms with Crippen LogP contribution in [0.15, 0.2) is 53.1 Å². The first-order chi connectivity index (χ1) is 14.8. The van der Waals surface area contributed by atoms with Crippen LogP contribution in [0.1, 0.15) is 45.2 Å². The van der Waals surface area contributed by atoms with Gasteiger partial charge in [0, 0.05) is 22.8 Å². The molecule has 0 saturated carbocycles. The van der Waals surface area contributed by atoms with Crippen molar-refractivity contribution in [2.24, 2.45) is 0 Å². The summed E-state index contributed by atoms with van der Waals surface area (Å²) in [4.78, 5) is 20.3. The Morgan fingerprint density at radius 3 is 2.71 bits per heavy atom. The number of thiazole rings is 1. The van der Waals surface area contributed by atoms with Gasteiger partial charge in [-0.25, -0.2) is 9.78 Å². The Morgan fingerprint density at radius 2 is 1.97 bits per heavy atom. The van der Waals surface area contributed by atoms with Crippen LogP contribution < -0.4 is 0 Å². The van der Waals surface area contributed by atoms with E-state index in [9.17, 15) is 4.79 Å². The lowest BCUT2D eigenvalue weighted by Gasteiger charge is -2.28. The Bertz CT molecular complexity index is 1270. The van der Waals surface area contributed by atoms with E-state index in [1.165, 1.54) is 4.70 Å². The predicted octanol–water partition coefficient (Wildman–Crippen LogP) is 7.05. The van der Waals surface area contributed by atoms with E-state index >= 15 is 0 Å². The zero-order valence-electron chi connectivity index (χ0n) is 17.8. The summed E-state index contributed by atoms with van der Waals surface area (Å²) in [6.07, 6.45) is 3.82. The summed E-state index contributed by atoms with van der Waals surface area (Å²) in [7, 11) is 0. The van der Waals surface area contributed by atoms with E-state index < -0.39 is 5.60 Å². The quantitative estimate of drug-likeness (QED) is 0.298. The molecule has 1 aliphatic heterocycles. The van der Waals surface area contributed by atoms with Gasteiger partial charge in [-0.3, -0.25) is 4.40 Å². The first-order valence-corrected chi connectivity index (χ1v) is 12.1. The van der Waals surface area contributed by atoms with Crippen molar-refractivity contribution in [3.05, 3.63) is 58.7 Å². The highest BCUT2D eigenvalue weighted by molar-refractivity contribution is 9.10. The molecule has 1 amide bonds. The minimum Gasteiger partial charge on any atom is -0.444 e. The Morgan fingerprint density at radius 1 is 1.19 bits per heavy atom. The molecule has 1 fully saturated rings. The summed E-state index contributed by atoms with van der Waals surface area (Å²) in [6.45, 7) is 6.45. The van der Waals surface area contributed by atoms with Crippen molar-refractivity contribution in [2.75, 3.05) is 6.54 Å². The molecule has 1 atom stereocenters. The van der Waals surface area contributed by atoms with Gasteiger partial charge in [-0.05, 0) is 57.4 Å². The molecule has 4 aromatic rings. The summed E-state index contributed by atoms with van der Waals surface area (Å²) in [6, 6.07) is 14.8. The number of likely N-dealkylation sites (tertiary alicyclic amines) is 1. The minimum absolute atomic E-state index is 0.0665. The number of carbonyl (C=O) groups excluding carboxylic acids is 1. The lowest BCUT2D eigenvalue weighted by Crippen LogP contribution is -2.36. The smallest absolute Gasteiger partial charge is 0.410 e. The van der Waals surface area contributed by atoms with Crippen molar-refractivity contribution in [3.8, 4) is 11.3 Å². The third-order valence-electron chi connectivity index (χ3n) is 5.53. The third-order valence-corrected chi connectivity index (χ3v) is 7.04. The summed E-state index contributed by atoms with van der Waals surface area (Å²) < 4.78 is 10.0. The van der Waals surface area contributed by atoms with E-state index in [0.29, 0.717) is 0 Å². The van der Waals surface area contributed by atoms with Gasteiger partial charge in [0.25, 0.3) is 0 Å². The van der Waals surface area contributed by atoms with E-state index in [2.05, 4.69) is 69.0 Å². The van der Waals surface area contributed by atoms with E-state index in [1.54, 1.807) is 11.3 Å². The van der Waals surface area contributed by atoms with Gasteiger partial charge in [0.2, 0.25) is 0 Å². The molecule has 0 radical (unpaired) electrons. The molecular weight excluding hydrogens is 474 g/mol. The van der Waals surface area contributed by atoms with Gasteiger partial charge in [0.1, 0.15) is 5.60 Å². The lowest BCUT2D eigenvalue weighted by molar-refractivity contribution is 0.0224. The average Bonchev–Trinajstić information content (AvgIpc) is 3.41. The van der Waals surface area contributed by atoms with Crippen molar-refractivity contribution < 1.29 is 9.53 Å². The summed E-state index contributed by atoms with van der Waals surface area (Å²) in [5, 5.41) is 0. The lowest BCUT2D eigenvalue weighted by atomic mass is 10.0. The highest BCUT2D eigenvalue weighted by atomic mass is 79.9. The molecule has 0 N–H and O–H groups in total. The van der Waals surface area contributed by atoms with Gasteiger partial charge in [-0.15, -0.1) is 0 Å². The summed E-state index contributed by atoms with van der Waals surface area (Å²) in [5.41, 5.74) is 3.85. The van der Waals surface area contributed by atoms with Gasteiger partial charge in [0.05, 0.1) is 22.0 Å². The zero-order chi connectivity index (χ0) is 21.8. The van der Waals surface area contributed by atoms with Crippen LogP contribution in [0.3, 0.4) is 0 Å². The maximum atomic E-state index is 12.6. The van der Waals surface area contributed by atoms with Gasteiger partial charge < -0.3 is 9.64 Å². The average molecular weight is 498 g/mol. The van der Waals surface area contributed by atoms with E-state index in [-0.39, 0.29) is 12.1 Å². The molecular formula is C24H24BrN3O2S. The van der Waals surface area contributed by atoms with Crippen molar-refractivity contribution in [1.29, 1.82) is 0 Å². The number of rotatable bonds is 2. The highest BCUT2D eigenvalue weighted by Crippen LogP contribution is 2.35. The Balaban J connectivity index is 1.40. The second kappa shape index (κ2) is 7.64. The third kappa shape index (κ3) is 3.96. The van der Waals surface area contributed by atoms with Crippen LogP contribution in [0.4, 0.5) is 4.79 Å². The molecule has 160 valence electrons. The number of nitrogens with zero attached hydrogens (tertiary/aromatic N) is 3. The number of imidazole rings is 1. The van der Waals surface area contributed by atoms with Gasteiger partial charge in [-0.1, -0.05) is 51.5 Å². The fourth-order valence-electron chi connectivity index (χ4n) is 4.14. The fourth-order valence-corrected chi connectivity index (χ4v) is 5.70. The number of ether oxygens (including phenoxy) is 1. The molecule has 5 rings (SSSR count). The maximum absolute atomic E-state index is 12.6. The Kier molecular flexibility index (Phi) is 5.06. The molecule has 2 aromatic heterocycles. The number of carbonyl (C=O) groups is 1. The predicted molar refractivity (Wildman–Crippen MR) is 129 cm³/mol. The molecule has 1 unspecified atom stereocenters. The molecule has 3 heterocycles. The second-order valence-electron chi connectivity index (χ2n) is 8.95. The Hall–Kier alpha value is -2.38. The highest BCUT2D eigenvalue weighted by Gasteiger charge is 2.33. The van der Waals surface area contributed by atoms with Crippen molar-refractivity contribution in [3.63, 3.8) is 0 Å². The van der Waals surface area contributed by atoms with Crippen LogP contribution in [0.5, 0.6) is 0 Å². The molecule has 1 saturated heterocycles. The van der Waals surface area contributed by atoms with Crippen LogP contribution in [-0.2, 0) is 4.74 Å². The molecule has 31 heavy (non-hydrogen) atoms. The number of hydrogen-bond donors (Lipinski definition) is 0. The molecule has 0 aliphatic carbocycles. The standard InChI is InChI=1S/C24H24BrN3O2S/c1-24(2,3)30-23(29)27-12-4-5-19(27)16-8-6-15(7-9-16)18-14-28-20-11-10-17(25)13-21(20)31-22(28)26-18/h6-11,13-14,19H,4-5,12H2,1-3H3. The van der Waals surface area contributed by atoms with Crippen LogP contribution in [0.25, 0.3) is 26.4 Å². The van der Waals surface area contributed by atoms with Crippen LogP contribution in [0, 0.1) is 0 Å². The monoisotopic (exact) mass is 497 g/mol. The first kappa shape index (κ1) is 20.5. The molecule has 1 aliphatic rings. The second-order valence-corrected chi connectivity index (χ2v) is 10.9. The maximum Gasteiger partial charge on any atom is 0.410 e. The normalized spacial score (nSPS) is 17.0. The summed E-state index contributed by atoms with van der Waals surface area (Å²) >= 11 is 5.22. The van der Waals surface area contributed by atoms with Crippen molar-refractivity contribution in [2.45, 2.75) is 45.3 Å². The summed E-state index contributed by atoms with van der Waals surface area (Å²) in [5.74, 6) is 0. The van der Waals surface area contributed by atoms with E-state index in [1.807, 2.05) is 25.7 Å². The molecule has 7 heteroatoms. The topological polar surface area (TPSA) is 46.8 Å². The number of hydrogen-bond acceptors (Lipinski definition) is 4. The number of halogens is 1. The van der Waals surface area contributed by atoms with Crippen LogP contribution in [-0.4, -0.2) is 32.5 Å². The SMILES string of the molecule is CC(C)(C)OC(=O)N1CCCC1c1ccc(-c2cn3c(n2)sc2cc(Br)ccc23)cc1. The zero-order valence-corrected chi connectivity index (χ0v) is 20.2. The van der Waals surface area contributed by atoms with E-state index in [0.717, 1.165) is 51.2 Å². The number of amides is 1. The largest absolute Gasteiger partial charge is 0.444 e. The van der Waals surface area contributed by atoms with Crippen molar-refractivity contribution >= 4 is 48.5 Å². The minimum atomic E-state index is -0.484. The Labute approximate surface area is 193 Å². The van der Waals surface area contributed by atoms with Crippen LogP contribution in [0.2, 0.25) is 0 Å². The molecule has 0 spiro atoms. The fraction of sp³-hybridized carbons (Fsp3) is 0.333. The van der Waals surface area contributed by atoms with Gasteiger partial charge >= 0.3 is 6.09 Å². The van der Waals surface area contributed by atoms with E-state index in [4.69, 9.17) is 9.72 Å². The molecule has 2 aromatic carbocycles. The molecule has 5 nitrogen and oxygen atoms in total. The van der Waals surface area contributed by atoms with Crippen molar-refractivity contribution in [1.82, 2.24) is 14.3 Å². The van der Waals surface area contributed by atoms with Gasteiger partial charge in [-0.2, -0.15) is 0 Å². The van der Waals surface area contributed by atoms with Crippen LogP contribution >= 0.6 is 27.3 Å². The van der Waals surface area contributed by atoms with Gasteiger partial charge in [0.15, 0.2) is 4.96 Å². The number of fused-ring (bicyclic) bond motifs is 3. The molecule has 0 bridgehead atoms. The number of aromatic nitrogens is 2.